The van der Waals surface area contributed by atoms with Gasteiger partial charge in [0.1, 0.15) is 5.78 Å². The summed E-state index contributed by atoms with van der Waals surface area (Å²) < 4.78 is 0. The van der Waals surface area contributed by atoms with Crippen molar-refractivity contribution in [3.8, 4) is 0 Å². The number of piperidine rings is 2. The van der Waals surface area contributed by atoms with Gasteiger partial charge in [-0.2, -0.15) is 0 Å². The van der Waals surface area contributed by atoms with Crippen LogP contribution in [0.4, 0.5) is 0 Å². The number of carbonyl (C=O) groups excluding carboxylic acids is 1. The molecule has 2 saturated carbocycles. The number of hydrogen-bond acceptors (Lipinski definition) is 3. The average Bonchev–Trinajstić information content (AvgIpc) is 2.66. The van der Waals surface area contributed by atoms with Gasteiger partial charge < -0.3 is 9.80 Å². The lowest BCUT2D eigenvalue weighted by molar-refractivity contribution is -0.130. The van der Waals surface area contributed by atoms with Crippen molar-refractivity contribution >= 4 is 5.78 Å². The first-order valence-corrected chi connectivity index (χ1v) is 11.9. The van der Waals surface area contributed by atoms with Gasteiger partial charge in [-0.15, -0.1) is 0 Å². The normalized spacial score (nSPS) is 37.6. The molecule has 4 rings (SSSR count). The van der Waals surface area contributed by atoms with E-state index in [-0.39, 0.29) is 0 Å². The van der Waals surface area contributed by atoms with Crippen molar-refractivity contribution in [1.29, 1.82) is 0 Å². The van der Waals surface area contributed by atoms with Crippen LogP contribution in [0.15, 0.2) is 0 Å². The van der Waals surface area contributed by atoms with Crippen molar-refractivity contribution in [3.63, 3.8) is 0 Å². The smallest absolute Gasteiger partial charge is 0.132 e. The fourth-order valence-electron chi connectivity index (χ4n) is 6.83. The Morgan fingerprint density at radius 1 is 0.815 bits per heavy atom. The predicted molar refractivity (Wildman–Crippen MR) is 112 cm³/mol. The Morgan fingerprint density at radius 3 is 1.78 bits per heavy atom. The Morgan fingerprint density at radius 2 is 1.30 bits per heavy atom. The van der Waals surface area contributed by atoms with Gasteiger partial charge in [-0.1, -0.05) is 13.8 Å². The van der Waals surface area contributed by atoms with Gasteiger partial charge in [-0.3, -0.25) is 4.79 Å². The van der Waals surface area contributed by atoms with Gasteiger partial charge in [-0.05, 0) is 115 Å². The van der Waals surface area contributed by atoms with Crippen LogP contribution < -0.4 is 0 Å². The summed E-state index contributed by atoms with van der Waals surface area (Å²) in [6.07, 6.45) is 13.5. The van der Waals surface area contributed by atoms with Crippen LogP contribution >= 0.6 is 0 Å². The second kappa shape index (κ2) is 8.14. The van der Waals surface area contributed by atoms with Gasteiger partial charge in [0.05, 0.1) is 0 Å². The highest BCUT2D eigenvalue weighted by Gasteiger charge is 2.48. The molecule has 0 atom stereocenters. The molecule has 4 aliphatic rings. The van der Waals surface area contributed by atoms with E-state index in [2.05, 4.69) is 23.6 Å². The maximum Gasteiger partial charge on any atom is 0.132 e. The van der Waals surface area contributed by atoms with E-state index < -0.39 is 0 Å². The first-order chi connectivity index (χ1) is 13.0. The highest BCUT2D eigenvalue weighted by atomic mass is 16.1. The van der Waals surface area contributed by atoms with Crippen molar-refractivity contribution in [2.75, 3.05) is 26.2 Å². The van der Waals surface area contributed by atoms with Crippen LogP contribution in [0.2, 0.25) is 0 Å². The lowest BCUT2D eigenvalue weighted by Crippen LogP contribution is -2.52. The SMILES string of the molecule is CC(=O)C1CC2(CCC(N3CCC(N4CCC(C(C)C)CC4)CC3)CC2)C1. The molecule has 3 nitrogen and oxygen atoms in total. The van der Waals surface area contributed by atoms with Crippen LogP contribution in [0.3, 0.4) is 0 Å². The van der Waals surface area contributed by atoms with Crippen LogP contribution in [0.25, 0.3) is 0 Å². The van der Waals surface area contributed by atoms with Crippen LogP contribution in [-0.4, -0.2) is 53.8 Å². The third kappa shape index (κ3) is 4.29. The number of hydrogen-bond donors (Lipinski definition) is 0. The zero-order valence-corrected chi connectivity index (χ0v) is 18.1. The molecule has 0 aromatic heterocycles. The van der Waals surface area contributed by atoms with E-state index in [1.54, 1.807) is 6.92 Å². The number of carbonyl (C=O) groups is 1. The molecule has 4 fully saturated rings. The van der Waals surface area contributed by atoms with E-state index in [1.807, 2.05) is 0 Å². The topological polar surface area (TPSA) is 23.6 Å². The Hall–Kier alpha value is -0.410. The third-order valence-electron chi connectivity index (χ3n) is 9.00. The van der Waals surface area contributed by atoms with Gasteiger partial charge in [-0.25, -0.2) is 0 Å². The average molecular weight is 375 g/mol. The first-order valence-electron chi connectivity index (χ1n) is 11.9. The molecule has 0 amide bonds. The summed E-state index contributed by atoms with van der Waals surface area (Å²) in [6, 6.07) is 1.69. The minimum atomic E-state index is 0.400. The lowest BCUT2D eigenvalue weighted by Gasteiger charge is -2.53. The zero-order valence-electron chi connectivity index (χ0n) is 18.1. The van der Waals surface area contributed by atoms with Crippen molar-refractivity contribution in [1.82, 2.24) is 9.80 Å². The number of likely N-dealkylation sites (tertiary alicyclic amines) is 2. The van der Waals surface area contributed by atoms with Crippen molar-refractivity contribution in [3.05, 3.63) is 0 Å². The maximum absolute atomic E-state index is 11.6. The van der Waals surface area contributed by atoms with Gasteiger partial charge in [0.25, 0.3) is 0 Å². The van der Waals surface area contributed by atoms with Crippen LogP contribution in [0.1, 0.15) is 85.0 Å². The van der Waals surface area contributed by atoms with Crippen LogP contribution in [0.5, 0.6) is 0 Å². The van der Waals surface area contributed by atoms with Gasteiger partial charge in [0, 0.05) is 18.0 Å². The second-order valence-corrected chi connectivity index (χ2v) is 10.8. The van der Waals surface area contributed by atoms with Gasteiger partial charge in [0.2, 0.25) is 0 Å². The quantitative estimate of drug-likeness (QED) is 0.710. The minimum Gasteiger partial charge on any atom is -0.300 e. The lowest BCUT2D eigenvalue weighted by atomic mass is 9.54. The monoisotopic (exact) mass is 374 g/mol. The Labute approximate surface area is 167 Å². The highest BCUT2D eigenvalue weighted by molar-refractivity contribution is 5.79. The molecule has 0 radical (unpaired) electrons. The molecule has 2 aliphatic heterocycles. The Kier molecular flexibility index (Phi) is 6.00. The summed E-state index contributed by atoms with van der Waals surface area (Å²) in [5, 5.41) is 0. The van der Waals surface area contributed by atoms with E-state index in [1.165, 1.54) is 90.4 Å². The van der Waals surface area contributed by atoms with Gasteiger partial charge in [0.15, 0.2) is 0 Å². The van der Waals surface area contributed by atoms with E-state index in [0.29, 0.717) is 17.1 Å². The van der Waals surface area contributed by atoms with Gasteiger partial charge >= 0.3 is 0 Å². The molecule has 27 heavy (non-hydrogen) atoms. The molecule has 2 aliphatic carbocycles. The molecule has 0 aromatic rings. The fourth-order valence-corrected chi connectivity index (χ4v) is 6.83. The maximum atomic E-state index is 11.6. The Bertz CT molecular complexity index is 498. The Balaban J connectivity index is 1.18. The molecule has 0 aromatic carbocycles. The summed E-state index contributed by atoms with van der Waals surface area (Å²) in [7, 11) is 0. The number of nitrogens with zero attached hydrogens (tertiary/aromatic N) is 2. The number of rotatable bonds is 4. The molecular weight excluding hydrogens is 332 g/mol. The van der Waals surface area contributed by atoms with E-state index in [9.17, 15) is 4.79 Å². The summed E-state index contributed by atoms with van der Waals surface area (Å²) in [6.45, 7) is 11.9. The third-order valence-corrected chi connectivity index (χ3v) is 9.00. The largest absolute Gasteiger partial charge is 0.300 e. The van der Waals surface area contributed by atoms with Crippen molar-refractivity contribution in [2.24, 2.45) is 23.2 Å². The summed E-state index contributed by atoms with van der Waals surface area (Å²) >= 11 is 0. The standard InChI is InChI=1S/C24H42N2O/c1-18(2)20-6-12-25(13-7-20)23-8-14-26(15-9-23)22-4-10-24(11-5-22)16-21(17-24)19(3)27/h18,20-23H,4-17H2,1-3H3. The molecule has 0 bridgehead atoms. The molecule has 0 unspecified atom stereocenters. The van der Waals surface area contributed by atoms with E-state index >= 15 is 0 Å². The molecule has 154 valence electrons. The molecular formula is C24H42N2O. The van der Waals surface area contributed by atoms with E-state index in [4.69, 9.17) is 0 Å². The van der Waals surface area contributed by atoms with Crippen molar-refractivity contribution in [2.45, 2.75) is 97.1 Å². The summed E-state index contributed by atoms with van der Waals surface area (Å²) in [5.41, 5.74) is 0.561. The summed E-state index contributed by atoms with van der Waals surface area (Å²) in [5.74, 6) is 2.66. The molecule has 2 saturated heterocycles. The van der Waals surface area contributed by atoms with E-state index in [0.717, 1.165) is 23.9 Å². The van der Waals surface area contributed by atoms with Crippen LogP contribution in [-0.2, 0) is 4.79 Å². The molecule has 3 heteroatoms. The highest BCUT2D eigenvalue weighted by Crippen LogP contribution is 2.55. The number of Topliss-reactive ketones (excluding diaryl/α,β-unsaturated/α-hetero) is 1. The molecule has 1 spiro atoms. The number of ketones is 1. The molecule has 0 N–H and O–H groups in total. The minimum absolute atomic E-state index is 0.400. The predicted octanol–water partition coefficient (Wildman–Crippen LogP) is 4.75. The molecule has 2 heterocycles. The first kappa shape index (κ1) is 19.9. The fraction of sp³-hybridized carbons (Fsp3) is 0.958. The van der Waals surface area contributed by atoms with Crippen molar-refractivity contribution < 1.29 is 4.79 Å². The zero-order chi connectivity index (χ0) is 19.0. The van der Waals surface area contributed by atoms with Crippen LogP contribution in [0, 0.1) is 23.2 Å². The summed E-state index contributed by atoms with van der Waals surface area (Å²) in [4.78, 5) is 17.2. The second-order valence-electron chi connectivity index (χ2n) is 10.8.